The molecule has 2 amide bonds. The number of carbonyl (C=O) groups excluding carboxylic acids is 1. The molecule has 0 bridgehead atoms. The number of aromatic nitrogens is 3. The number of urea groups is 1. The van der Waals surface area contributed by atoms with Crippen molar-refractivity contribution in [3.8, 4) is 11.4 Å². The van der Waals surface area contributed by atoms with Crippen LogP contribution in [0.1, 0.15) is 0 Å². The van der Waals surface area contributed by atoms with Gasteiger partial charge >= 0.3 is 6.03 Å². The van der Waals surface area contributed by atoms with Gasteiger partial charge in [-0.2, -0.15) is 0 Å². The Kier molecular flexibility index (Phi) is 7.07. The minimum atomic E-state index is -0.347. The van der Waals surface area contributed by atoms with Gasteiger partial charge in [0.1, 0.15) is 11.5 Å². The molecular formula is C21H24FN7O2S. The SMILES string of the molecule is CNC(=O)NCCn1c(-c2ccc(N3CCOCC3)nn2)cs/c1=N\c1cccc(F)c1. The Labute approximate surface area is 188 Å². The molecule has 0 unspecified atom stereocenters. The quantitative estimate of drug-likeness (QED) is 0.591. The van der Waals surface area contributed by atoms with Crippen LogP contribution in [0.3, 0.4) is 0 Å². The summed E-state index contributed by atoms with van der Waals surface area (Å²) >= 11 is 1.42. The highest BCUT2D eigenvalue weighted by Crippen LogP contribution is 2.21. The van der Waals surface area contributed by atoms with Gasteiger partial charge in [-0.25, -0.2) is 14.2 Å². The number of nitrogens with zero attached hydrogens (tertiary/aromatic N) is 5. The van der Waals surface area contributed by atoms with E-state index in [9.17, 15) is 9.18 Å². The largest absolute Gasteiger partial charge is 0.378 e. The van der Waals surface area contributed by atoms with Gasteiger partial charge < -0.3 is 24.8 Å². The summed E-state index contributed by atoms with van der Waals surface area (Å²) in [5, 5.41) is 16.1. The van der Waals surface area contributed by atoms with Crippen molar-refractivity contribution in [2.45, 2.75) is 6.54 Å². The van der Waals surface area contributed by atoms with E-state index in [1.165, 1.54) is 23.5 Å². The highest BCUT2D eigenvalue weighted by Gasteiger charge is 2.15. The molecule has 168 valence electrons. The lowest BCUT2D eigenvalue weighted by Crippen LogP contribution is -2.36. The minimum Gasteiger partial charge on any atom is -0.378 e. The number of morpholine rings is 1. The highest BCUT2D eigenvalue weighted by atomic mass is 32.1. The number of benzene rings is 1. The van der Waals surface area contributed by atoms with Gasteiger partial charge in [0.2, 0.25) is 0 Å². The van der Waals surface area contributed by atoms with Crippen LogP contribution in [0.5, 0.6) is 0 Å². The number of anilines is 1. The fraction of sp³-hybridized carbons (Fsp3) is 0.333. The third-order valence-corrected chi connectivity index (χ3v) is 5.79. The second kappa shape index (κ2) is 10.3. The smallest absolute Gasteiger partial charge is 0.314 e. The van der Waals surface area contributed by atoms with Gasteiger partial charge in [-0.15, -0.1) is 21.5 Å². The summed E-state index contributed by atoms with van der Waals surface area (Å²) in [7, 11) is 1.56. The van der Waals surface area contributed by atoms with Crippen LogP contribution in [0.25, 0.3) is 11.4 Å². The number of rotatable bonds is 6. The third-order valence-electron chi connectivity index (χ3n) is 4.93. The monoisotopic (exact) mass is 457 g/mol. The fourth-order valence-corrected chi connectivity index (χ4v) is 4.23. The first kappa shape index (κ1) is 21.9. The van der Waals surface area contributed by atoms with Crippen molar-refractivity contribution in [2.24, 2.45) is 4.99 Å². The lowest BCUT2D eigenvalue weighted by atomic mass is 10.3. The van der Waals surface area contributed by atoms with Crippen LogP contribution >= 0.6 is 11.3 Å². The molecule has 0 aliphatic carbocycles. The summed E-state index contributed by atoms with van der Waals surface area (Å²) in [6, 6.07) is 9.73. The second-order valence-electron chi connectivity index (χ2n) is 7.03. The molecule has 3 heterocycles. The fourth-order valence-electron chi connectivity index (χ4n) is 3.29. The molecule has 2 aromatic heterocycles. The normalized spacial score (nSPS) is 14.4. The second-order valence-corrected chi connectivity index (χ2v) is 7.87. The summed E-state index contributed by atoms with van der Waals surface area (Å²) in [6.07, 6.45) is 0. The van der Waals surface area contributed by atoms with Crippen LogP contribution in [0.2, 0.25) is 0 Å². The Morgan fingerprint density at radius 2 is 2.09 bits per heavy atom. The van der Waals surface area contributed by atoms with E-state index < -0.39 is 0 Å². The number of hydrogen-bond acceptors (Lipinski definition) is 7. The molecule has 0 radical (unpaired) electrons. The number of amides is 2. The van der Waals surface area contributed by atoms with Gasteiger partial charge in [0.05, 0.1) is 24.6 Å². The van der Waals surface area contributed by atoms with Crippen molar-refractivity contribution in [1.29, 1.82) is 0 Å². The van der Waals surface area contributed by atoms with Gasteiger partial charge in [0.15, 0.2) is 10.6 Å². The number of halogens is 1. The van der Waals surface area contributed by atoms with E-state index in [1.54, 1.807) is 19.2 Å². The molecule has 0 saturated carbocycles. The topological polar surface area (TPSA) is 96.7 Å². The van der Waals surface area contributed by atoms with Crippen LogP contribution in [0.15, 0.2) is 46.8 Å². The van der Waals surface area contributed by atoms with E-state index in [1.807, 2.05) is 22.1 Å². The van der Waals surface area contributed by atoms with Gasteiger partial charge in [0.25, 0.3) is 0 Å². The predicted molar refractivity (Wildman–Crippen MR) is 120 cm³/mol. The van der Waals surface area contributed by atoms with E-state index in [0.29, 0.717) is 42.5 Å². The maximum Gasteiger partial charge on any atom is 0.314 e. The number of thiazole rings is 1. The zero-order valence-corrected chi connectivity index (χ0v) is 18.4. The minimum absolute atomic E-state index is 0.263. The molecule has 3 aromatic rings. The standard InChI is InChI=1S/C21H24FN7O2S/c1-23-20(30)24-7-8-29-18(14-32-21(29)25-16-4-2-3-15(22)13-16)17-5-6-19(27-26-17)28-9-11-31-12-10-28/h2-6,13-14H,7-12H2,1H3,(H2,23,24,30)/b25-21-. The van der Waals surface area contributed by atoms with Gasteiger partial charge in [-0.1, -0.05) is 6.07 Å². The summed E-state index contributed by atoms with van der Waals surface area (Å²) in [5.41, 5.74) is 2.03. The van der Waals surface area contributed by atoms with Crippen molar-refractivity contribution < 1.29 is 13.9 Å². The van der Waals surface area contributed by atoms with E-state index in [0.717, 1.165) is 24.6 Å². The Balaban J connectivity index is 1.64. The molecule has 0 atom stereocenters. The average Bonchev–Trinajstić information content (AvgIpc) is 3.22. The molecule has 0 spiro atoms. The molecule has 4 rings (SSSR count). The van der Waals surface area contributed by atoms with Crippen molar-refractivity contribution in [2.75, 3.05) is 44.8 Å². The molecule has 11 heteroatoms. The number of ether oxygens (including phenoxy) is 1. The molecule has 1 aliphatic heterocycles. The van der Waals surface area contributed by atoms with Crippen molar-refractivity contribution in [3.63, 3.8) is 0 Å². The lowest BCUT2D eigenvalue weighted by Gasteiger charge is -2.27. The zero-order chi connectivity index (χ0) is 22.3. The molecule has 1 aliphatic rings. The van der Waals surface area contributed by atoms with Crippen molar-refractivity contribution >= 4 is 28.9 Å². The third kappa shape index (κ3) is 5.29. The number of carbonyl (C=O) groups is 1. The predicted octanol–water partition coefficient (Wildman–Crippen LogP) is 2.14. The highest BCUT2D eigenvalue weighted by molar-refractivity contribution is 7.07. The Hall–Kier alpha value is -3.31. The van der Waals surface area contributed by atoms with Crippen LogP contribution in [-0.4, -0.2) is 60.7 Å². The molecule has 2 N–H and O–H groups in total. The van der Waals surface area contributed by atoms with Crippen molar-refractivity contribution in [3.05, 3.63) is 52.4 Å². The summed E-state index contributed by atoms with van der Waals surface area (Å²) in [6.45, 7) is 3.78. The van der Waals surface area contributed by atoms with Gasteiger partial charge in [-0.05, 0) is 30.3 Å². The molecular weight excluding hydrogens is 433 g/mol. The van der Waals surface area contributed by atoms with Crippen molar-refractivity contribution in [1.82, 2.24) is 25.4 Å². The summed E-state index contributed by atoms with van der Waals surface area (Å²) < 4.78 is 21.0. The lowest BCUT2D eigenvalue weighted by molar-refractivity contribution is 0.122. The van der Waals surface area contributed by atoms with Crippen LogP contribution in [0, 0.1) is 5.82 Å². The zero-order valence-electron chi connectivity index (χ0n) is 17.6. The Morgan fingerprint density at radius 1 is 1.25 bits per heavy atom. The first-order chi connectivity index (χ1) is 15.6. The van der Waals surface area contributed by atoms with Crippen LogP contribution in [-0.2, 0) is 11.3 Å². The first-order valence-electron chi connectivity index (χ1n) is 10.2. The molecule has 1 saturated heterocycles. The first-order valence-corrected chi connectivity index (χ1v) is 11.1. The molecule has 1 fully saturated rings. The number of hydrogen-bond donors (Lipinski definition) is 2. The summed E-state index contributed by atoms with van der Waals surface area (Å²) in [5.74, 6) is 0.463. The molecule has 9 nitrogen and oxygen atoms in total. The van der Waals surface area contributed by atoms with E-state index in [2.05, 4.69) is 30.7 Å². The Bertz CT molecular complexity index is 1120. The maximum atomic E-state index is 13.6. The van der Waals surface area contributed by atoms with E-state index in [-0.39, 0.29) is 11.8 Å². The summed E-state index contributed by atoms with van der Waals surface area (Å²) in [4.78, 5) is 19.0. The molecule has 32 heavy (non-hydrogen) atoms. The van der Waals surface area contributed by atoms with Crippen LogP contribution in [0.4, 0.5) is 20.7 Å². The van der Waals surface area contributed by atoms with Crippen LogP contribution < -0.4 is 20.3 Å². The average molecular weight is 458 g/mol. The maximum absolute atomic E-state index is 13.6. The molecule has 1 aromatic carbocycles. The van der Waals surface area contributed by atoms with Gasteiger partial charge in [-0.3, -0.25) is 0 Å². The van der Waals surface area contributed by atoms with Gasteiger partial charge in [0, 0.05) is 38.6 Å². The number of nitrogens with one attached hydrogen (secondary N) is 2. The van der Waals surface area contributed by atoms with E-state index in [4.69, 9.17) is 4.74 Å². The Morgan fingerprint density at radius 3 is 2.81 bits per heavy atom. The van der Waals surface area contributed by atoms with E-state index >= 15 is 0 Å².